The van der Waals surface area contributed by atoms with Gasteiger partial charge in [0.25, 0.3) is 0 Å². The second-order valence-corrected chi connectivity index (χ2v) is 4.32. The van der Waals surface area contributed by atoms with Crippen molar-refractivity contribution in [3.05, 3.63) is 24.9 Å². The van der Waals surface area contributed by atoms with E-state index in [-0.39, 0.29) is 0 Å². The first-order valence-corrected chi connectivity index (χ1v) is 6.07. The fourth-order valence-electron chi connectivity index (χ4n) is 1.60. The molecule has 1 heterocycles. The summed E-state index contributed by atoms with van der Waals surface area (Å²) in [6, 6.07) is 2.61. The van der Waals surface area contributed by atoms with Crippen LogP contribution in [0.5, 0.6) is 0 Å². The van der Waals surface area contributed by atoms with Gasteiger partial charge in [-0.15, -0.1) is 0 Å². The number of nitrogens with zero attached hydrogens (tertiary/aromatic N) is 2. The van der Waals surface area contributed by atoms with Crippen molar-refractivity contribution in [2.45, 2.75) is 58.4 Å². The van der Waals surface area contributed by atoms with Gasteiger partial charge < -0.3 is 0 Å². The van der Waals surface area contributed by atoms with Crippen molar-refractivity contribution in [2.75, 3.05) is 0 Å². The fraction of sp³-hybridized carbons (Fsp3) is 0.692. The smallest absolute Gasteiger partial charge is 0.0655 e. The van der Waals surface area contributed by atoms with E-state index in [0.717, 1.165) is 18.5 Å². The molecule has 2 atom stereocenters. The first-order chi connectivity index (χ1) is 7.19. The molecule has 0 aliphatic carbocycles. The third kappa shape index (κ3) is 3.37. The van der Waals surface area contributed by atoms with Crippen molar-refractivity contribution in [3.63, 3.8) is 0 Å². The Morgan fingerprint density at radius 1 is 1.47 bits per heavy atom. The molecule has 1 aromatic heterocycles. The molecule has 0 aromatic carbocycles. The Morgan fingerprint density at radius 2 is 2.20 bits per heavy atom. The molecule has 1 rings (SSSR count). The Bertz CT molecular complexity index is 278. The van der Waals surface area contributed by atoms with Gasteiger partial charge in [-0.05, 0) is 32.8 Å². The molecule has 85 valence electrons. The van der Waals surface area contributed by atoms with Crippen LogP contribution < -0.4 is 0 Å². The number of aromatic nitrogens is 2. The van der Waals surface area contributed by atoms with Gasteiger partial charge in [0, 0.05) is 18.2 Å². The van der Waals surface area contributed by atoms with E-state index in [0.29, 0.717) is 12.0 Å². The van der Waals surface area contributed by atoms with Crippen LogP contribution in [0.3, 0.4) is 0 Å². The molecular weight excluding hydrogens is 184 g/mol. The molecule has 0 fully saturated rings. The minimum atomic E-state index is 0.357. The predicted molar refractivity (Wildman–Crippen MR) is 64.9 cm³/mol. The normalized spacial score (nSPS) is 15.2. The van der Waals surface area contributed by atoms with Gasteiger partial charge in [-0.3, -0.25) is 4.68 Å². The van der Waals surface area contributed by atoms with Gasteiger partial charge in [-0.25, -0.2) is 0 Å². The Morgan fingerprint density at radius 3 is 2.80 bits per heavy atom. The molecule has 0 spiro atoms. The van der Waals surface area contributed by atoms with Gasteiger partial charge in [0.05, 0.1) is 5.69 Å². The maximum absolute atomic E-state index is 4.59. The van der Waals surface area contributed by atoms with E-state index in [1.165, 1.54) is 12.8 Å². The summed E-state index contributed by atoms with van der Waals surface area (Å²) in [6.07, 6.45) is 6.82. The molecule has 2 unspecified atom stereocenters. The lowest BCUT2D eigenvalue weighted by Crippen LogP contribution is -2.05. The Hall–Kier alpha value is -0.790. The standard InChI is InChI=1S/C13H23N2/c1-5-7-8-11(3)13-9-10-15(14-13)12(4)6-2/h9-12H,3,5-8H2,1-2,4H3. The van der Waals surface area contributed by atoms with Crippen LogP contribution in [-0.2, 0) is 0 Å². The zero-order chi connectivity index (χ0) is 11.3. The second kappa shape index (κ2) is 5.94. The summed E-state index contributed by atoms with van der Waals surface area (Å²) >= 11 is 0. The maximum atomic E-state index is 4.59. The molecule has 2 nitrogen and oxygen atoms in total. The highest BCUT2D eigenvalue weighted by molar-refractivity contribution is 5.08. The van der Waals surface area contributed by atoms with Crippen LogP contribution in [0.15, 0.2) is 12.3 Å². The quantitative estimate of drug-likeness (QED) is 0.690. The average molecular weight is 207 g/mol. The largest absolute Gasteiger partial charge is 0.270 e. The summed E-state index contributed by atoms with van der Waals surface area (Å²) in [5.74, 6) is 0.357. The molecule has 15 heavy (non-hydrogen) atoms. The maximum Gasteiger partial charge on any atom is 0.0655 e. The zero-order valence-electron chi connectivity index (χ0n) is 10.2. The molecule has 0 saturated carbocycles. The minimum Gasteiger partial charge on any atom is -0.270 e. The van der Waals surface area contributed by atoms with E-state index < -0.39 is 0 Å². The number of hydrogen-bond donors (Lipinski definition) is 0. The Labute approximate surface area is 93.7 Å². The molecule has 0 aliphatic heterocycles. The van der Waals surface area contributed by atoms with E-state index in [1.54, 1.807) is 0 Å². The van der Waals surface area contributed by atoms with E-state index in [4.69, 9.17) is 0 Å². The molecule has 0 aliphatic rings. The van der Waals surface area contributed by atoms with Gasteiger partial charge in [0.1, 0.15) is 0 Å². The third-order valence-corrected chi connectivity index (χ3v) is 3.00. The molecular formula is C13H23N2. The summed E-state index contributed by atoms with van der Waals surface area (Å²) in [5.41, 5.74) is 1.14. The molecule has 0 amide bonds. The molecule has 0 bridgehead atoms. The monoisotopic (exact) mass is 207 g/mol. The molecule has 1 radical (unpaired) electrons. The van der Waals surface area contributed by atoms with Crippen LogP contribution in [0.25, 0.3) is 0 Å². The lowest BCUT2D eigenvalue weighted by atomic mass is 10.0. The van der Waals surface area contributed by atoms with Crippen molar-refractivity contribution in [1.82, 2.24) is 9.78 Å². The van der Waals surface area contributed by atoms with Crippen molar-refractivity contribution in [2.24, 2.45) is 0 Å². The second-order valence-electron chi connectivity index (χ2n) is 4.32. The fourth-order valence-corrected chi connectivity index (χ4v) is 1.60. The average Bonchev–Trinajstić information content (AvgIpc) is 2.74. The zero-order valence-corrected chi connectivity index (χ0v) is 10.2. The van der Waals surface area contributed by atoms with Gasteiger partial charge in [-0.2, -0.15) is 5.10 Å². The van der Waals surface area contributed by atoms with Crippen LogP contribution in [0.1, 0.15) is 64.1 Å². The van der Waals surface area contributed by atoms with Crippen LogP contribution >= 0.6 is 0 Å². The number of hydrogen-bond acceptors (Lipinski definition) is 1. The van der Waals surface area contributed by atoms with Crippen molar-refractivity contribution >= 4 is 0 Å². The number of rotatable bonds is 6. The SMILES string of the molecule is [CH2]C(CCCC)c1ccn(C(C)CC)n1. The summed E-state index contributed by atoms with van der Waals surface area (Å²) < 4.78 is 2.06. The topological polar surface area (TPSA) is 17.8 Å². The predicted octanol–water partition coefficient (Wildman–Crippen LogP) is 3.96. The van der Waals surface area contributed by atoms with Gasteiger partial charge >= 0.3 is 0 Å². The van der Waals surface area contributed by atoms with Gasteiger partial charge in [0.15, 0.2) is 0 Å². The summed E-state index contributed by atoms with van der Waals surface area (Å²) in [6.45, 7) is 10.8. The first-order valence-electron chi connectivity index (χ1n) is 6.07. The van der Waals surface area contributed by atoms with Crippen molar-refractivity contribution in [1.29, 1.82) is 0 Å². The Balaban J connectivity index is 2.58. The molecule has 0 N–H and O–H groups in total. The van der Waals surface area contributed by atoms with Crippen LogP contribution in [-0.4, -0.2) is 9.78 Å². The van der Waals surface area contributed by atoms with E-state index in [9.17, 15) is 0 Å². The highest BCUT2D eigenvalue weighted by atomic mass is 15.3. The van der Waals surface area contributed by atoms with Crippen LogP contribution in [0.4, 0.5) is 0 Å². The van der Waals surface area contributed by atoms with Crippen molar-refractivity contribution < 1.29 is 0 Å². The summed E-state index contributed by atoms with van der Waals surface area (Å²) in [5, 5.41) is 4.59. The molecule has 2 heteroatoms. The van der Waals surface area contributed by atoms with Crippen LogP contribution in [0, 0.1) is 6.92 Å². The van der Waals surface area contributed by atoms with Crippen molar-refractivity contribution in [3.8, 4) is 0 Å². The minimum absolute atomic E-state index is 0.357. The van der Waals surface area contributed by atoms with Crippen LogP contribution in [0.2, 0.25) is 0 Å². The summed E-state index contributed by atoms with van der Waals surface area (Å²) in [7, 11) is 0. The van der Waals surface area contributed by atoms with Gasteiger partial charge in [-0.1, -0.05) is 26.7 Å². The lowest BCUT2D eigenvalue weighted by Gasteiger charge is -2.10. The van der Waals surface area contributed by atoms with E-state index in [2.05, 4.69) is 49.7 Å². The molecule has 1 aromatic rings. The summed E-state index contributed by atoms with van der Waals surface area (Å²) in [4.78, 5) is 0. The first kappa shape index (κ1) is 12.3. The lowest BCUT2D eigenvalue weighted by molar-refractivity contribution is 0.470. The van der Waals surface area contributed by atoms with E-state index in [1.807, 2.05) is 0 Å². The highest BCUT2D eigenvalue weighted by Gasteiger charge is 2.10. The highest BCUT2D eigenvalue weighted by Crippen LogP contribution is 2.20. The van der Waals surface area contributed by atoms with Gasteiger partial charge in [0.2, 0.25) is 0 Å². The third-order valence-electron chi connectivity index (χ3n) is 3.00. The Kier molecular flexibility index (Phi) is 4.86. The van der Waals surface area contributed by atoms with E-state index >= 15 is 0 Å². The number of unbranched alkanes of at least 4 members (excludes halogenated alkanes) is 1. The molecule has 0 saturated heterocycles.